The van der Waals surface area contributed by atoms with Crippen LogP contribution in [0.3, 0.4) is 0 Å². The standard InChI is InChI=1S/C21H25F3N2.C2H2O4/c22-21(23,24)20-11-5-4-10-19(20)17-26-15-13-25(14-16-26)12-6-9-18-7-2-1-3-8-18;3-1(4)2(5)6/h1-5,7-8,10-11H,6,9,12-17H2;(H,3,4)(H,5,6). The Labute approximate surface area is 184 Å². The molecule has 1 aliphatic rings. The van der Waals surface area contributed by atoms with E-state index in [4.69, 9.17) is 19.8 Å². The number of hydrogen-bond acceptors (Lipinski definition) is 4. The maximum Gasteiger partial charge on any atom is 0.416 e. The van der Waals surface area contributed by atoms with Crippen molar-refractivity contribution in [2.75, 3.05) is 32.7 Å². The number of halogens is 3. The number of hydrogen-bond donors (Lipinski definition) is 2. The number of aryl methyl sites for hydroxylation is 1. The van der Waals surface area contributed by atoms with Gasteiger partial charge in [0.1, 0.15) is 0 Å². The lowest BCUT2D eigenvalue weighted by Gasteiger charge is -2.35. The van der Waals surface area contributed by atoms with Crippen LogP contribution in [0.2, 0.25) is 0 Å². The molecule has 2 N–H and O–H groups in total. The molecule has 6 nitrogen and oxygen atoms in total. The molecule has 0 spiro atoms. The molecule has 1 saturated heterocycles. The summed E-state index contributed by atoms with van der Waals surface area (Å²) < 4.78 is 39.4. The van der Waals surface area contributed by atoms with Crippen molar-refractivity contribution in [1.82, 2.24) is 9.80 Å². The Morgan fingerprint density at radius 1 is 0.812 bits per heavy atom. The molecular weight excluding hydrogens is 425 g/mol. The molecule has 2 aromatic rings. The van der Waals surface area contributed by atoms with E-state index in [9.17, 15) is 13.2 Å². The summed E-state index contributed by atoms with van der Waals surface area (Å²) in [5.41, 5.74) is 1.22. The fraction of sp³-hybridized carbons (Fsp3) is 0.391. The number of carbonyl (C=O) groups is 2. The number of piperazine rings is 1. The van der Waals surface area contributed by atoms with Gasteiger partial charge in [-0.05, 0) is 36.6 Å². The van der Waals surface area contributed by atoms with Crippen molar-refractivity contribution in [3.05, 3.63) is 71.3 Å². The molecule has 0 unspecified atom stereocenters. The highest BCUT2D eigenvalue weighted by Gasteiger charge is 2.33. The maximum absolute atomic E-state index is 13.1. The van der Waals surface area contributed by atoms with Crippen LogP contribution in [0.5, 0.6) is 0 Å². The molecule has 1 fully saturated rings. The highest BCUT2D eigenvalue weighted by Crippen LogP contribution is 2.32. The molecule has 0 saturated carbocycles. The fourth-order valence-corrected chi connectivity index (χ4v) is 3.50. The van der Waals surface area contributed by atoms with Crippen molar-refractivity contribution >= 4 is 11.9 Å². The molecule has 1 heterocycles. The van der Waals surface area contributed by atoms with Crippen molar-refractivity contribution in [3.8, 4) is 0 Å². The predicted molar refractivity (Wildman–Crippen MR) is 113 cm³/mol. The number of nitrogens with zero attached hydrogens (tertiary/aromatic N) is 2. The Morgan fingerprint density at radius 3 is 1.91 bits per heavy atom. The first-order valence-electron chi connectivity index (χ1n) is 10.3. The first-order chi connectivity index (χ1) is 15.2. The van der Waals surface area contributed by atoms with Gasteiger partial charge < -0.3 is 15.1 Å². The molecule has 0 aliphatic carbocycles. The Hall–Kier alpha value is -2.91. The van der Waals surface area contributed by atoms with Gasteiger partial charge in [0.15, 0.2) is 0 Å². The van der Waals surface area contributed by atoms with Crippen LogP contribution in [-0.2, 0) is 28.7 Å². The summed E-state index contributed by atoms with van der Waals surface area (Å²) in [5, 5.41) is 14.8. The van der Waals surface area contributed by atoms with Crippen LogP contribution in [0.15, 0.2) is 54.6 Å². The zero-order chi connectivity index (χ0) is 23.6. The minimum absolute atomic E-state index is 0.369. The lowest BCUT2D eigenvalue weighted by molar-refractivity contribution is -0.159. The molecule has 32 heavy (non-hydrogen) atoms. The Balaban J connectivity index is 0.000000534. The van der Waals surface area contributed by atoms with Gasteiger partial charge in [0.2, 0.25) is 0 Å². The second-order valence-corrected chi connectivity index (χ2v) is 7.47. The molecule has 0 atom stereocenters. The summed E-state index contributed by atoms with van der Waals surface area (Å²) in [4.78, 5) is 22.7. The smallest absolute Gasteiger partial charge is 0.416 e. The average Bonchev–Trinajstić information content (AvgIpc) is 2.76. The molecule has 2 aromatic carbocycles. The topological polar surface area (TPSA) is 81.1 Å². The number of carboxylic acid groups (broad SMARTS) is 2. The van der Waals surface area contributed by atoms with E-state index in [1.54, 1.807) is 12.1 Å². The van der Waals surface area contributed by atoms with Crippen LogP contribution < -0.4 is 0 Å². The molecule has 0 amide bonds. The lowest BCUT2D eigenvalue weighted by Crippen LogP contribution is -2.46. The quantitative estimate of drug-likeness (QED) is 0.652. The third-order valence-electron chi connectivity index (χ3n) is 5.15. The number of carboxylic acids is 2. The van der Waals surface area contributed by atoms with Gasteiger partial charge >= 0.3 is 18.1 Å². The Morgan fingerprint density at radius 2 is 1.34 bits per heavy atom. The summed E-state index contributed by atoms with van der Waals surface area (Å²) in [6, 6.07) is 16.4. The van der Waals surface area contributed by atoms with E-state index < -0.39 is 23.7 Å². The van der Waals surface area contributed by atoms with Crippen molar-refractivity contribution in [2.45, 2.75) is 25.6 Å². The third-order valence-corrected chi connectivity index (χ3v) is 5.15. The molecule has 1 aliphatic heterocycles. The predicted octanol–water partition coefficient (Wildman–Crippen LogP) is 3.61. The summed E-state index contributed by atoms with van der Waals surface area (Å²) >= 11 is 0. The van der Waals surface area contributed by atoms with Gasteiger partial charge in [-0.25, -0.2) is 9.59 Å². The van der Waals surface area contributed by atoms with Gasteiger partial charge in [-0.1, -0.05) is 48.5 Å². The van der Waals surface area contributed by atoms with Gasteiger partial charge in [-0.3, -0.25) is 4.90 Å². The molecule has 9 heteroatoms. The Kier molecular flexibility index (Phi) is 9.67. The molecule has 174 valence electrons. The second-order valence-electron chi connectivity index (χ2n) is 7.47. The normalized spacial score (nSPS) is 15.0. The van der Waals surface area contributed by atoms with Gasteiger partial charge in [0.05, 0.1) is 5.56 Å². The number of aliphatic carboxylic acids is 2. The summed E-state index contributed by atoms with van der Waals surface area (Å²) in [7, 11) is 0. The first kappa shape index (κ1) is 25.4. The van der Waals surface area contributed by atoms with E-state index in [2.05, 4.69) is 34.1 Å². The highest BCUT2D eigenvalue weighted by molar-refractivity contribution is 6.27. The van der Waals surface area contributed by atoms with Gasteiger partial charge in [0.25, 0.3) is 0 Å². The minimum Gasteiger partial charge on any atom is -0.473 e. The van der Waals surface area contributed by atoms with Gasteiger partial charge in [-0.2, -0.15) is 13.2 Å². The van der Waals surface area contributed by atoms with Crippen LogP contribution >= 0.6 is 0 Å². The van der Waals surface area contributed by atoms with Crippen molar-refractivity contribution in [2.24, 2.45) is 0 Å². The first-order valence-corrected chi connectivity index (χ1v) is 10.3. The number of rotatable bonds is 6. The van der Waals surface area contributed by atoms with Crippen LogP contribution in [-0.4, -0.2) is 64.7 Å². The average molecular weight is 452 g/mol. The summed E-state index contributed by atoms with van der Waals surface area (Å²) in [5.74, 6) is -3.65. The van der Waals surface area contributed by atoms with Crippen LogP contribution in [0.1, 0.15) is 23.1 Å². The molecule has 0 bridgehead atoms. The molecule has 0 radical (unpaired) electrons. The van der Waals surface area contributed by atoms with Crippen molar-refractivity contribution in [1.29, 1.82) is 0 Å². The van der Waals surface area contributed by atoms with Crippen molar-refractivity contribution in [3.63, 3.8) is 0 Å². The summed E-state index contributed by atoms with van der Waals surface area (Å²) in [6.45, 7) is 4.89. The fourth-order valence-electron chi connectivity index (χ4n) is 3.50. The van der Waals surface area contributed by atoms with Gasteiger partial charge in [0, 0.05) is 32.7 Å². The lowest BCUT2D eigenvalue weighted by atomic mass is 10.1. The van der Waals surface area contributed by atoms with Crippen molar-refractivity contribution < 1.29 is 33.0 Å². The van der Waals surface area contributed by atoms with E-state index >= 15 is 0 Å². The molecule has 0 aromatic heterocycles. The SMILES string of the molecule is FC(F)(F)c1ccccc1CN1CCN(CCCc2ccccc2)CC1.O=C(O)C(=O)O. The van der Waals surface area contributed by atoms with E-state index in [1.807, 2.05) is 6.07 Å². The zero-order valence-electron chi connectivity index (χ0n) is 17.6. The van der Waals surface area contributed by atoms with E-state index in [-0.39, 0.29) is 0 Å². The van der Waals surface area contributed by atoms with E-state index in [0.717, 1.165) is 45.6 Å². The Bertz CT molecular complexity index is 855. The van der Waals surface area contributed by atoms with Crippen LogP contribution in [0.25, 0.3) is 0 Å². The highest BCUT2D eigenvalue weighted by atomic mass is 19.4. The largest absolute Gasteiger partial charge is 0.473 e. The number of benzene rings is 2. The van der Waals surface area contributed by atoms with E-state index in [1.165, 1.54) is 17.7 Å². The number of alkyl halides is 3. The van der Waals surface area contributed by atoms with Gasteiger partial charge in [-0.15, -0.1) is 0 Å². The minimum atomic E-state index is -4.28. The summed E-state index contributed by atoms with van der Waals surface area (Å²) in [6.07, 6.45) is -2.10. The molecular formula is C23H27F3N2O4. The monoisotopic (exact) mass is 452 g/mol. The molecule has 3 rings (SSSR count). The van der Waals surface area contributed by atoms with Crippen LogP contribution in [0.4, 0.5) is 13.2 Å². The second kappa shape index (κ2) is 12.2. The maximum atomic E-state index is 13.1. The zero-order valence-corrected chi connectivity index (χ0v) is 17.6. The van der Waals surface area contributed by atoms with E-state index in [0.29, 0.717) is 12.1 Å². The third kappa shape index (κ3) is 8.68. The van der Waals surface area contributed by atoms with Crippen LogP contribution in [0, 0.1) is 0 Å².